The van der Waals surface area contributed by atoms with Gasteiger partial charge in [-0.1, -0.05) is 28.9 Å². The molecule has 0 atom stereocenters. The summed E-state index contributed by atoms with van der Waals surface area (Å²) in [5.41, 5.74) is 1.51. The summed E-state index contributed by atoms with van der Waals surface area (Å²) in [5, 5.41) is 12.9. The van der Waals surface area contributed by atoms with Crippen LogP contribution in [0.15, 0.2) is 35.0 Å². The minimum atomic E-state index is -0.952. The zero-order chi connectivity index (χ0) is 11.5. The first-order valence-corrected chi connectivity index (χ1v) is 4.96. The smallest absolute Gasteiger partial charge is 0.311 e. The van der Waals surface area contributed by atoms with Crippen LogP contribution in [0.3, 0.4) is 0 Å². The SMILES string of the molecule is O=C(O)Cc1oncc1-c1ccc(Cl)cc1. The molecule has 16 heavy (non-hydrogen) atoms. The summed E-state index contributed by atoms with van der Waals surface area (Å²) in [6.07, 6.45) is 1.32. The largest absolute Gasteiger partial charge is 0.481 e. The van der Waals surface area contributed by atoms with E-state index in [1.54, 1.807) is 24.3 Å². The van der Waals surface area contributed by atoms with Gasteiger partial charge in [0.05, 0.1) is 6.20 Å². The molecule has 0 amide bonds. The van der Waals surface area contributed by atoms with Gasteiger partial charge in [-0.2, -0.15) is 0 Å². The van der Waals surface area contributed by atoms with Gasteiger partial charge < -0.3 is 9.63 Å². The molecule has 5 heteroatoms. The van der Waals surface area contributed by atoms with Gasteiger partial charge in [-0.3, -0.25) is 4.79 Å². The lowest BCUT2D eigenvalue weighted by Gasteiger charge is -1.99. The van der Waals surface area contributed by atoms with Gasteiger partial charge in [-0.15, -0.1) is 0 Å². The van der Waals surface area contributed by atoms with Crippen LogP contribution in [-0.2, 0) is 11.2 Å². The number of hydrogen-bond acceptors (Lipinski definition) is 3. The summed E-state index contributed by atoms with van der Waals surface area (Å²) in [6, 6.07) is 7.04. The Hall–Kier alpha value is -1.81. The maximum Gasteiger partial charge on any atom is 0.311 e. The first-order valence-electron chi connectivity index (χ1n) is 4.58. The number of carbonyl (C=O) groups is 1. The molecule has 0 fully saturated rings. The van der Waals surface area contributed by atoms with E-state index >= 15 is 0 Å². The van der Waals surface area contributed by atoms with Crippen LogP contribution in [0.4, 0.5) is 0 Å². The minimum Gasteiger partial charge on any atom is -0.481 e. The number of carboxylic acids is 1. The van der Waals surface area contributed by atoms with Crippen LogP contribution in [0.2, 0.25) is 5.02 Å². The lowest BCUT2D eigenvalue weighted by molar-refractivity contribution is -0.136. The molecule has 1 aromatic carbocycles. The van der Waals surface area contributed by atoms with E-state index in [2.05, 4.69) is 5.16 Å². The van der Waals surface area contributed by atoms with Crippen molar-refractivity contribution in [2.45, 2.75) is 6.42 Å². The highest BCUT2D eigenvalue weighted by molar-refractivity contribution is 6.30. The van der Waals surface area contributed by atoms with Crippen LogP contribution in [0, 0.1) is 0 Å². The molecule has 0 aliphatic rings. The van der Waals surface area contributed by atoms with Gasteiger partial charge >= 0.3 is 5.97 Å². The zero-order valence-corrected chi connectivity index (χ0v) is 8.94. The lowest BCUT2D eigenvalue weighted by atomic mass is 10.1. The molecule has 0 unspecified atom stereocenters. The summed E-state index contributed by atoms with van der Waals surface area (Å²) in [4.78, 5) is 10.6. The fourth-order valence-electron chi connectivity index (χ4n) is 1.39. The van der Waals surface area contributed by atoms with Gasteiger partial charge in [0.25, 0.3) is 0 Å². The number of nitrogens with zero attached hydrogens (tertiary/aromatic N) is 1. The second kappa shape index (κ2) is 4.37. The normalized spacial score (nSPS) is 10.3. The maximum atomic E-state index is 10.6. The van der Waals surface area contributed by atoms with Crippen molar-refractivity contribution in [3.8, 4) is 11.1 Å². The molecule has 0 aliphatic heterocycles. The average Bonchev–Trinajstić information content (AvgIpc) is 2.66. The molecule has 0 radical (unpaired) electrons. The Balaban J connectivity index is 2.36. The molecule has 1 N–H and O–H groups in total. The first-order chi connectivity index (χ1) is 7.66. The van der Waals surface area contributed by atoms with Crippen molar-refractivity contribution in [3.05, 3.63) is 41.2 Å². The van der Waals surface area contributed by atoms with Gasteiger partial charge in [0.15, 0.2) is 5.76 Å². The van der Waals surface area contributed by atoms with Crippen LogP contribution >= 0.6 is 11.6 Å². The summed E-state index contributed by atoms with van der Waals surface area (Å²) in [6.45, 7) is 0. The van der Waals surface area contributed by atoms with Crippen molar-refractivity contribution in [1.29, 1.82) is 0 Å². The topological polar surface area (TPSA) is 63.3 Å². The monoisotopic (exact) mass is 237 g/mol. The maximum absolute atomic E-state index is 10.6. The number of hydrogen-bond donors (Lipinski definition) is 1. The molecular weight excluding hydrogens is 230 g/mol. The number of carboxylic acid groups (broad SMARTS) is 1. The predicted molar refractivity (Wildman–Crippen MR) is 58.3 cm³/mol. The molecule has 0 aliphatic carbocycles. The highest BCUT2D eigenvalue weighted by Gasteiger charge is 2.13. The van der Waals surface area contributed by atoms with E-state index < -0.39 is 5.97 Å². The van der Waals surface area contributed by atoms with Crippen LogP contribution < -0.4 is 0 Å². The quantitative estimate of drug-likeness (QED) is 0.891. The average molecular weight is 238 g/mol. The Bertz CT molecular complexity index is 504. The molecule has 2 aromatic rings. The third kappa shape index (κ3) is 2.23. The molecule has 0 saturated heterocycles. The van der Waals surface area contributed by atoms with Crippen molar-refractivity contribution in [2.75, 3.05) is 0 Å². The van der Waals surface area contributed by atoms with Crippen LogP contribution in [0.1, 0.15) is 5.76 Å². The molecule has 4 nitrogen and oxygen atoms in total. The number of rotatable bonds is 3. The van der Waals surface area contributed by atoms with Crippen molar-refractivity contribution in [2.24, 2.45) is 0 Å². The summed E-state index contributed by atoms with van der Waals surface area (Å²) >= 11 is 5.76. The third-order valence-electron chi connectivity index (χ3n) is 2.11. The van der Waals surface area contributed by atoms with E-state index in [0.29, 0.717) is 16.3 Å². The van der Waals surface area contributed by atoms with E-state index in [4.69, 9.17) is 21.2 Å². The highest BCUT2D eigenvalue weighted by Crippen LogP contribution is 2.25. The minimum absolute atomic E-state index is 0.183. The lowest BCUT2D eigenvalue weighted by Crippen LogP contribution is -1.99. The van der Waals surface area contributed by atoms with E-state index in [9.17, 15) is 4.79 Å². The Kier molecular flexibility index (Phi) is 2.92. The van der Waals surface area contributed by atoms with E-state index in [1.165, 1.54) is 6.20 Å². The predicted octanol–water partition coefficient (Wildman–Crippen LogP) is 2.62. The molecule has 0 bridgehead atoms. The van der Waals surface area contributed by atoms with Crippen LogP contribution in [0.25, 0.3) is 11.1 Å². The highest BCUT2D eigenvalue weighted by atomic mass is 35.5. The molecule has 2 rings (SSSR count). The van der Waals surface area contributed by atoms with Crippen molar-refractivity contribution < 1.29 is 14.4 Å². The summed E-state index contributed by atoms with van der Waals surface area (Å²) in [5.74, 6) is -0.609. The standard InChI is InChI=1S/C11H8ClNO3/c12-8-3-1-7(2-4-8)9-6-13-16-10(9)5-11(14)15/h1-4,6H,5H2,(H,14,15). The molecule has 0 spiro atoms. The van der Waals surface area contributed by atoms with E-state index in [1.807, 2.05) is 0 Å². The summed E-state index contributed by atoms with van der Waals surface area (Å²) in [7, 11) is 0. The summed E-state index contributed by atoms with van der Waals surface area (Å²) < 4.78 is 4.90. The molecular formula is C11H8ClNO3. The second-order valence-electron chi connectivity index (χ2n) is 3.24. The fourth-order valence-corrected chi connectivity index (χ4v) is 1.52. The Morgan fingerprint density at radius 1 is 1.38 bits per heavy atom. The van der Waals surface area contributed by atoms with Gasteiger partial charge in [0.2, 0.25) is 0 Å². The van der Waals surface area contributed by atoms with Gasteiger partial charge in [-0.25, -0.2) is 0 Å². The van der Waals surface area contributed by atoms with Gasteiger partial charge in [-0.05, 0) is 17.7 Å². The van der Waals surface area contributed by atoms with Gasteiger partial charge in [0, 0.05) is 10.6 Å². The second-order valence-corrected chi connectivity index (χ2v) is 3.68. The fraction of sp³-hybridized carbons (Fsp3) is 0.0909. The van der Waals surface area contributed by atoms with Crippen molar-refractivity contribution in [3.63, 3.8) is 0 Å². The number of benzene rings is 1. The van der Waals surface area contributed by atoms with Crippen LogP contribution in [-0.4, -0.2) is 16.2 Å². The van der Waals surface area contributed by atoms with Crippen molar-refractivity contribution in [1.82, 2.24) is 5.16 Å². The molecule has 82 valence electrons. The molecule has 0 saturated carbocycles. The Morgan fingerprint density at radius 3 is 2.69 bits per heavy atom. The number of aliphatic carboxylic acids is 1. The Morgan fingerprint density at radius 2 is 2.06 bits per heavy atom. The molecule has 1 aromatic heterocycles. The van der Waals surface area contributed by atoms with Crippen molar-refractivity contribution >= 4 is 17.6 Å². The Labute approximate surface area is 96.4 Å². The van der Waals surface area contributed by atoms with E-state index in [-0.39, 0.29) is 6.42 Å². The number of halogens is 1. The van der Waals surface area contributed by atoms with E-state index in [0.717, 1.165) is 5.56 Å². The third-order valence-corrected chi connectivity index (χ3v) is 2.36. The van der Waals surface area contributed by atoms with Crippen LogP contribution in [0.5, 0.6) is 0 Å². The zero-order valence-electron chi connectivity index (χ0n) is 8.18. The van der Waals surface area contributed by atoms with Gasteiger partial charge in [0.1, 0.15) is 6.42 Å². The number of aromatic nitrogens is 1. The molecule has 1 heterocycles. The first kappa shape index (κ1) is 10.7.